The zero-order valence-electron chi connectivity index (χ0n) is 20.5. The van der Waals surface area contributed by atoms with Gasteiger partial charge >= 0.3 is 5.97 Å². The van der Waals surface area contributed by atoms with Gasteiger partial charge in [-0.15, -0.1) is 0 Å². The van der Waals surface area contributed by atoms with Crippen LogP contribution in [-0.2, 0) is 22.6 Å². The minimum atomic E-state index is -0.822. The maximum atomic E-state index is 13.3. The summed E-state index contributed by atoms with van der Waals surface area (Å²) in [7, 11) is 0. The van der Waals surface area contributed by atoms with Gasteiger partial charge in [0.2, 0.25) is 5.91 Å². The van der Waals surface area contributed by atoms with Gasteiger partial charge in [-0.05, 0) is 36.1 Å². The summed E-state index contributed by atoms with van der Waals surface area (Å²) in [5.74, 6) is -0.740. The summed E-state index contributed by atoms with van der Waals surface area (Å²) >= 11 is 0. The van der Waals surface area contributed by atoms with Crippen molar-refractivity contribution in [1.29, 1.82) is 0 Å². The van der Waals surface area contributed by atoms with E-state index in [0.717, 1.165) is 36.1 Å². The molecule has 0 bridgehead atoms. The first-order valence-electron chi connectivity index (χ1n) is 12.7. The lowest BCUT2D eigenvalue weighted by atomic mass is 9.83. The molecule has 0 saturated carbocycles. The molecule has 2 aliphatic rings. The van der Waals surface area contributed by atoms with Crippen molar-refractivity contribution in [3.05, 3.63) is 47.8 Å². The van der Waals surface area contributed by atoms with Crippen molar-refractivity contribution in [2.75, 3.05) is 39.3 Å². The Morgan fingerprint density at radius 2 is 2.17 bits per heavy atom. The van der Waals surface area contributed by atoms with E-state index < -0.39 is 11.9 Å². The molecule has 1 aromatic heterocycles. The van der Waals surface area contributed by atoms with Gasteiger partial charge in [-0.1, -0.05) is 25.5 Å². The number of ether oxygens (including phenoxy) is 1. The molecule has 1 unspecified atom stereocenters. The number of rotatable bonds is 12. The van der Waals surface area contributed by atoms with Crippen LogP contribution in [0.2, 0.25) is 0 Å². The molecular weight excluding hydrogens is 446 g/mol. The molecule has 0 aliphatic carbocycles. The number of carboxylic acid groups (broad SMARTS) is 1. The number of nitrogens with two attached hydrogens (primary N) is 1. The number of amides is 1. The highest BCUT2D eigenvalue weighted by atomic mass is 16.5. The number of hydrogen-bond donors (Lipinski definition) is 2. The van der Waals surface area contributed by atoms with E-state index in [9.17, 15) is 14.7 Å². The van der Waals surface area contributed by atoms with Gasteiger partial charge in [0.05, 0.1) is 19.1 Å². The quantitative estimate of drug-likeness (QED) is 0.474. The number of aliphatic carboxylic acids is 1. The normalized spacial score (nSPS) is 21.6. The highest BCUT2D eigenvalue weighted by molar-refractivity contribution is 5.79. The maximum absolute atomic E-state index is 13.3. The van der Waals surface area contributed by atoms with E-state index in [1.165, 1.54) is 0 Å². The van der Waals surface area contributed by atoms with Crippen LogP contribution in [0.1, 0.15) is 43.2 Å². The third kappa shape index (κ3) is 5.85. The Balaban J connectivity index is 1.58. The van der Waals surface area contributed by atoms with Gasteiger partial charge in [-0.25, -0.2) is 0 Å². The summed E-state index contributed by atoms with van der Waals surface area (Å²) in [5.41, 5.74) is 7.91. The van der Waals surface area contributed by atoms with E-state index in [1.807, 2.05) is 34.0 Å². The van der Waals surface area contributed by atoms with Crippen LogP contribution >= 0.6 is 0 Å². The number of aryl methyl sites for hydroxylation is 1. The van der Waals surface area contributed by atoms with E-state index in [2.05, 4.69) is 23.0 Å². The molecule has 1 aromatic carbocycles. The molecule has 3 N–H and O–H groups in total. The van der Waals surface area contributed by atoms with E-state index in [4.69, 9.17) is 10.5 Å². The SMILES string of the molecule is CCCCN(CCN)C(=O)CN1C[C@H](c2ccc3c(c2)CCO3)C(C(=O)O)[C@@H]1CCn1cccn1. The largest absolute Gasteiger partial charge is 0.493 e. The maximum Gasteiger partial charge on any atom is 0.308 e. The van der Waals surface area contributed by atoms with Crippen molar-refractivity contribution in [3.63, 3.8) is 0 Å². The fourth-order valence-corrected chi connectivity index (χ4v) is 5.46. The van der Waals surface area contributed by atoms with E-state index in [1.54, 1.807) is 6.20 Å². The number of hydrogen-bond acceptors (Lipinski definition) is 6. The molecule has 1 amide bonds. The zero-order valence-corrected chi connectivity index (χ0v) is 20.5. The summed E-state index contributed by atoms with van der Waals surface area (Å²) in [6, 6.07) is 7.62. The Labute approximate surface area is 206 Å². The number of fused-ring (bicyclic) bond motifs is 1. The van der Waals surface area contributed by atoms with Gasteiger partial charge in [-0.3, -0.25) is 19.2 Å². The molecule has 0 radical (unpaired) electrons. The van der Waals surface area contributed by atoms with Crippen molar-refractivity contribution >= 4 is 11.9 Å². The molecule has 2 aromatic rings. The second-order valence-electron chi connectivity index (χ2n) is 9.51. The number of carbonyl (C=O) groups is 2. The summed E-state index contributed by atoms with van der Waals surface area (Å²) in [5, 5.41) is 14.6. The summed E-state index contributed by atoms with van der Waals surface area (Å²) in [6.45, 7) is 5.68. The van der Waals surface area contributed by atoms with Gasteiger partial charge < -0.3 is 20.5 Å². The topological polar surface area (TPSA) is 114 Å². The van der Waals surface area contributed by atoms with Crippen molar-refractivity contribution in [2.24, 2.45) is 11.7 Å². The Morgan fingerprint density at radius 3 is 2.89 bits per heavy atom. The minimum Gasteiger partial charge on any atom is -0.493 e. The molecule has 3 heterocycles. The number of carbonyl (C=O) groups excluding carboxylic acids is 1. The Kier molecular flexibility index (Phi) is 8.41. The Morgan fingerprint density at radius 1 is 1.31 bits per heavy atom. The lowest BCUT2D eigenvalue weighted by molar-refractivity contribution is -0.144. The number of nitrogens with zero attached hydrogens (tertiary/aromatic N) is 4. The summed E-state index contributed by atoms with van der Waals surface area (Å²) in [4.78, 5) is 29.8. The second kappa shape index (κ2) is 11.7. The molecular formula is C26H37N5O4. The first-order valence-corrected chi connectivity index (χ1v) is 12.7. The van der Waals surface area contributed by atoms with Crippen LogP contribution in [0.4, 0.5) is 0 Å². The predicted octanol–water partition coefficient (Wildman–Crippen LogP) is 1.96. The van der Waals surface area contributed by atoms with Crippen LogP contribution in [0.25, 0.3) is 0 Å². The van der Waals surface area contributed by atoms with Gasteiger partial charge in [0.15, 0.2) is 0 Å². The van der Waals surface area contributed by atoms with Gasteiger partial charge in [0.25, 0.3) is 0 Å². The number of likely N-dealkylation sites (tertiary alicyclic amines) is 1. The number of unbranched alkanes of at least 4 members (excludes halogenated alkanes) is 1. The van der Waals surface area contributed by atoms with Crippen LogP contribution in [-0.4, -0.2) is 81.9 Å². The average Bonchev–Trinajstić information content (AvgIpc) is 3.59. The molecule has 9 nitrogen and oxygen atoms in total. The molecule has 35 heavy (non-hydrogen) atoms. The zero-order chi connectivity index (χ0) is 24.8. The lowest BCUT2D eigenvalue weighted by Crippen LogP contribution is -2.46. The lowest BCUT2D eigenvalue weighted by Gasteiger charge is -2.29. The first-order chi connectivity index (χ1) is 17.0. The monoisotopic (exact) mass is 483 g/mol. The summed E-state index contributed by atoms with van der Waals surface area (Å²) in [6.07, 6.45) is 6.96. The molecule has 4 rings (SSSR count). The fourth-order valence-electron chi connectivity index (χ4n) is 5.46. The van der Waals surface area contributed by atoms with E-state index >= 15 is 0 Å². The van der Waals surface area contributed by atoms with Crippen LogP contribution < -0.4 is 10.5 Å². The first kappa shape index (κ1) is 25.2. The van der Waals surface area contributed by atoms with Gasteiger partial charge in [0.1, 0.15) is 5.75 Å². The number of aromatic nitrogens is 2. The molecule has 3 atom stereocenters. The van der Waals surface area contributed by atoms with E-state index in [-0.39, 0.29) is 24.4 Å². The van der Waals surface area contributed by atoms with Crippen molar-refractivity contribution in [2.45, 2.75) is 51.1 Å². The smallest absolute Gasteiger partial charge is 0.308 e. The molecule has 2 aliphatic heterocycles. The van der Waals surface area contributed by atoms with Crippen LogP contribution in [0, 0.1) is 5.92 Å². The molecule has 9 heteroatoms. The summed E-state index contributed by atoms with van der Waals surface area (Å²) < 4.78 is 7.47. The number of benzene rings is 1. The van der Waals surface area contributed by atoms with Crippen LogP contribution in [0.3, 0.4) is 0 Å². The van der Waals surface area contributed by atoms with Crippen molar-refractivity contribution in [3.8, 4) is 5.75 Å². The Bertz CT molecular complexity index is 996. The highest BCUT2D eigenvalue weighted by Crippen LogP contribution is 2.41. The second-order valence-corrected chi connectivity index (χ2v) is 9.51. The highest BCUT2D eigenvalue weighted by Gasteiger charge is 2.47. The predicted molar refractivity (Wildman–Crippen MR) is 132 cm³/mol. The van der Waals surface area contributed by atoms with Crippen LogP contribution in [0.15, 0.2) is 36.7 Å². The standard InChI is InChI=1S/C26H37N5O4/c1-2-3-11-29(14-9-27)24(32)18-30-17-21(19-5-6-23-20(16-19)8-15-35-23)25(26(33)34)22(30)7-13-31-12-4-10-28-31/h4-6,10,12,16,21-22,25H,2-3,7-9,11,13-15,17-18,27H2,1H3,(H,33,34)/t21-,22+,25?/m1/s1. The average molecular weight is 484 g/mol. The Hall–Kier alpha value is -2.91. The van der Waals surface area contributed by atoms with E-state index in [0.29, 0.717) is 45.8 Å². The van der Waals surface area contributed by atoms with Crippen molar-refractivity contribution < 1.29 is 19.4 Å². The van der Waals surface area contributed by atoms with Gasteiger partial charge in [-0.2, -0.15) is 5.10 Å². The molecule has 1 saturated heterocycles. The molecule has 190 valence electrons. The number of carboxylic acids is 1. The minimum absolute atomic E-state index is 0.0140. The fraction of sp³-hybridized carbons (Fsp3) is 0.577. The molecule has 1 fully saturated rings. The molecule has 0 spiro atoms. The van der Waals surface area contributed by atoms with Crippen LogP contribution in [0.5, 0.6) is 5.75 Å². The third-order valence-electron chi connectivity index (χ3n) is 7.26. The van der Waals surface area contributed by atoms with Gasteiger partial charge in [0, 0.05) is 63.5 Å². The van der Waals surface area contributed by atoms with Crippen molar-refractivity contribution in [1.82, 2.24) is 19.6 Å². The third-order valence-corrected chi connectivity index (χ3v) is 7.26.